The normalized spacial score (nSPS) is 14.1. The van der Waals surface area contributed by atoms with E-state index < -0.39 is 18.2 Å². The van der Waals surface area contributed by atoms with Gasteiger partial charge in [-0.2, -0.15) is 4.98 Å². The molecule has 0 aliphatic carbocycles. The van der Waals surface area contributed by atoms with E-state index in [0.29, 0.717) is 27.7 Å². The summed E-state index contributed by atoms with van der Waals surface area (Å²) in [5, 5.41) is 9.12. The number of amides is 1. The van der Waals surface area contributed by atoms with E-state index in [1.165, 1.54) is 49.6 Å². The number of nitrogens with zero attached hydrogens (tertiary/aromatic N) is 4. The van der Waals surface area contributed by atoms with Crippen LogP contribution in [0.5, 0.6) is 17.4 Å². The fourth-order valence-electron chi connectivity index (χ4n) is 3.82. The molecule has 3 aromatic rings. The Morgan fingerprint density at radius 2 is 1.78 bits per heavy atom. The number of unbranched alkanes of at least 4 members (excludes halogenated alkanes) is 1. The molecule has 1 amide bonds. The molecule has 0 fully saturated rings. The minimum Gasteiger partial charge on any atom is -0.447 e. The maximum absolute atomic E-state index is 13.0. The van der Waals surface area contributed by atoms with Gasteiger partial charge in [0.05, 0.1) is 11.3 Å². The lowest BCUT2D eigenvalue weighted by atomic mass is 10.1. The molecule has 4 rings (SSSR count). The fraction of sp³-hybridized carbons (Fsp3) is 0.308. The first-order valence-corrected chi connectivity index (χ1v) is 12.7. The third-order valence-corrected chi connectivity index (χ3v) is 6.27. The quantitative estimate of drug-likeness (QED) is 0.186. The van der Waals surface area contributed by atoms with Gasteiger partial charge < -0.3 is 14.2 Å². The van der Waals surface area contributed by atoms with Crippen molar-refractivity contribution in [1.29, 1.82) is 0 Å². The number of benzene rings is 2. The van der Waals surface area contributed by atoms with Gasteiger partial charge >= 0.3 is 11.9 Å². The number of esters is 2. The van der Waals surface area contributed by atoms with Gasteiger partial charge in [-0.25, -0.2) is 0 Å². The van der Waals surface area contributed by atoms with Gasteiger partial charge in [-0.15, -0.1) is 10.2 Å². The van der Waals surface area contributed by atoms with Crippen LogP contribution in [0.4, 0.5) is 5.69 Å². The largest absolute Gasteiger partial charge is 0.447 e. The molecule has 1 unspecified atom stereocenters. The highest BCUT2D eigenvalue weighted by Crippen LogP contribution is 2.45. The van der Waals surface area contributed by atoms with Crippen molar-refractivity contribution in [2.75, 3.05) is 10.7 Å². The van der Waals surface area contributed by atoms with Crippen molar-refractivity contribution in [3.63, 3.8) is 0 Å². The standard InChI is InChI=1S/C26H26N4O6S/c1-5-6-13-37-26-27-24-23(28-29-26)19-9-7-8-10-21(19)30(15(2)31)25(36-24)20-12-11-18(34-16(3)32)14-22(20)35-17(4)33/h7-12,14,25H,5-6,13H2,1-4H3. The molecule has 0 radical (unpaired) electrons. The highest BCUT2D eigenvalue weighted by molar-refractivity contribution is 7.99. The smallest absolute Gasteiger partial charge is 0.308 e. The van der Waals surface area contributed by atoms with Gasteiger partial charge in [0.2, 0.25) is 23.2 Å². The minimum absolute atomic E-state index is 0.0722. The number of ether oxygens (including phenoxy) is 3. The van der Waals surface area contributed by atoms with Crippen LogP contribution in [0.3, 0.4) is 0 Å². The number of anilines is 1. The number of fused-ring (bicyclic) bond motifs is 3. The number of para-hydroxylation sites is 1. The topological polar surface area (TPSA) is 121 Å². The zero-order valence-corrected chi connectivity index (χ0v) is 21.7. The van der Waals surface area contributed by atoms with Gasteiger partial charge in [0, 0.05) is 38.2 Å². The lowest BCUT2D eigenvalue weighted by molar-refractivity contribution is -0.132. The van der Waals surface area contributed by atoms with Crippen LogP contribution in [0.15, 0.2) is 47.6 Å². The Balaban J connectivity index is 1.89. The van der Waals surface area contributed by atoms with Gasteiger partial charge in [0.15, 0.2) is 5.69 Å². The Bertz CT molecular complexity index is 1350. The first-order valence-electron chi connectivity index (χ1n) is 11.7. The van der Waals surface area contributed by atoms with Crippen molar-refractivity contribution in [3.05, 3.63) is 48.0 Å². The molecule has 0 bridgehead atoms. The molecular weight excluding hydrogens is 496 g/mol. The highest BCUT2D eigenvalue weighted by Gasteiger charge is 2.36. The summed E-state index contributed by atoms with van der Waals surface area (Å²) in [6.07, 6.45) is 0.953. The van der Waals surface area contributed by atoms with Crippen LogP contribution in [0.2, 0.25) is 0 Å². The monoisotopic (exact) mass is 522 g/mol. The van der Waals surface area contributed by atoms with E-state index in [0.717, 1.165) is 18.6 Å². The predicted octanol–water partition coefficient (Wildman–Crippen LogP) is 4.73. The van der Waals surface area contributed by atoms with E-state index in [2.05, 4.69) is 22.1 Å². The third kappa shape index (κ3) is 5.88. The minimum atomic E-state index is -1.08. The number of thioether (sulfide) groups is 1. The summed E-state index contributed by atoms with van der Waals surface area (Å²) in [4.78, 5) is 42.5. The number of hydrogen-bond acceptors (Lipinski definition) is 10. The summed E-state index contributed by atoms with van der Waals surface area (Å²) in [6.45, 7) is 6.03. The molecule has 192 valence electrons. The number of aromatic nitrogens is 3. The fourth-order valence-corrected chi connectivity index (χ4v) is 4.68. The van der Waals surface area contributed by atoms with Gasteiger partial charge in [0.25, 0.3) is 0 Å². The molecule has 1 aliphatic heterocycles. The van der Waals surface area contributed by atoms with Crippen LogP contribution in [0.1, 0.15) is 52.3 Å². The van der Waals surface area contributed by atoms with Gasteiger partial charge in [-0.1, -0.05) is 43.3 Å². The van der Waals surface area contributed by atoms with Crippen molar-refractivity contribution < 1.29 is 28.6 Å². The Morgan fingerprint density at radius 3 is 2.49 bits per heavy atom. The summed E-state index contributed by atoms with van der Waals surface area (Å²) >= 11 is 1.47. The number of carbonyl (C=O) groups is 3. The predicted molar refractivity (Wildman–Crippen MR) is 136 cm³/mol. The van der Waals surface area contributed by atoms with Gasteiger partial charge in [-0.3, -0.25) is 19.3 Å². The summed E-state index contributed by atoms with van der Waals surface area (Å²) < 4.78 is 17.0. The molecule has 2 aromatic carbocycles. The molecule has 1 atom stereocenters. The molecule has 0 saturated carbocycles. The van der Waals surface area contributed by atoms with E-state index in [-0.39, 0.29) is 23.3 Å². The van der Waals surface area contributed by atoms with Gasteiger partial charge in [-0.05, 0) is 24.6 Å². The molecule has 0 saturated heterocycles. The second-order valence-electron chi connectivity index (χ2n) is 8.21. The molecule has 2 heterocycles. The molecule has 1 aromatic heterocycles. The van der Waals surface area contributed by atoms with E-state index in [9.17, 15) is 14.4 Å². The number of hydrogen-bond donors (Lipinski definition) is 0. The van der Waals surface area contributed by atoms with Crippen LogP contribution in [-0.4, -0.2) is 38.8 Å². The van der Waals surface area contributed by atoms with E-state index in [1.54, 1.807) is 18.2 Å². The molecule has 11 heteroatoms. The lowest BCUT2D eigenvalue weighted by Gasteiger charge is -2.30. The Kier molecular flexibility index (Phi) is 8.02. The highest BCUT2D eigenvalue weighted by atomic mass is 32.2. The summed E-state index contributed by atoms with van der Waals surface area (Å²) in [5.41, 5.74) is 1.88. The lowest BCUT2D eigenvalue weighted by Crippen LogP contribution is -2.36. The zero-order valence-electron chi connectivity index (χ0n) is 20.9. The zero-order chi connectivity index (χ0) is 26.5. The molecule has 1 aliphatic rings. The first-order chi connectivity index (χ1) is 17.8. The average Bonchev–Trinajstić information content (AvgIpc) is 2.98. The van der Waals surface area contributed by atoms with Crippen LogP contribution in [0.25, 0.3) is 11.3 Å². The molecule has 10 nitrogen and oxygen atoms in total. The van der Waals surface area contributed by atoms with Crippen LogP contribution < -0.4 is 19.1 Å². The number of rotatable bonds is 7. The maximum atomic E-state index is 13.0. The van der Waals surface area contributed by atoms with Crippen LogP contribution in [0, 0.1) is 0 Å². The van der Waals surface area contributed by atoms with Crippen molar-refractivity contribution in [2.45, 2.75) is 51.9 Å². The van der Waals surface area contributed by atoms with Crippen molar-refractivity contribution in [3.8, 4) is 28.6 Å². The van der Waals surface area contributed by atoms with E-state index in [4.69, 9.17) is 14.2 Å². The van der Waals surface area contributed by atoms with Crippen molar-refractivity contribution in [2.24, 2.45) is 0 Å². The second kappa shape index (κ2) is 11.4. The summed E-state index contributed by atoms with van der Waals surface area (Å²) in [6, 6.07) is 11.7. The average molecular weight is 523 g/mol. The second-order valence-corrected chi connectivity index (χ2v) is 9.28. The SMILES string of the molecule is CCCCSc1nnc2c(n1)OC(c1ccc(OC(C)=O)cc1OC(C)=O)N(C(C)=O)c1ccccc1-2. The maximum Gasteiger partial charge on any atom is 0.308 e. The molecular formula is C26H26N4O6S. The van der Waals surface area contributed by atoms with Gasteiger partial charge in [0.1, 0.15) is 11.5 Å². The summed E-state index contributed by atoms with van der Waals surface area (Å²) in [7, 11) is 0. The number of carbonyl (C=O) groups excluding carboxylic acids is 3. The first kappa shape index (κ1) is 26.1. The van der Waals surface area contributed by atoms with Crippen LogP contribution >= 0.6 is 11.8 Å². The molecule has 37 heavy (non-hydrogen) atoms. The molecule has 0 spiro atoms. The molecule has 0 N–H and O–H groups in total. The van der Waals surface area contributed by atoms with Crippen molar-refractivity contribution >= 4 is 35.3 Å². The Morgan fingerprint density at radius 1 is 1.03 bits per heavy atom. The van der Waals surface area contributed by atoms with Crippen molar-refractivity contribution in [1.82, 2.24) is 15.2 Å². The van der Waals surface area contributed by atoms with E-state index >= 15 is 0 Å². The van der Waals surface area contributed by atoms with E-state index in [1.807, 2.05) is 12.1 Å². The Labute approximate surface area is 218 Å². The van der Waals surface area contributed by atoms with Crippen LogP contribution in [-0.2, 0) is 14.4 Å². The third-order valence-electron chi connectivity index (χ3n) is 5.35. The Hall–Kier alpha value is -3.99. The summed E-state index contributed by atoms with van der Waals surface area (Å²) in [5.74, 6) is -0.190.